The third-order valence-electron chi connectivity index (χ3n) is 3.74. The molecule has 1 aromatic heterocycles. The Hall–Kier alpha value is -1.35. The van der Waals surface area contributed by atoms with Crippen LogP contribution in [0.3, 0.4) is 0 Å². The highest BCUT2D eigenvalue weighted by atomic mass is 35.5. The van der Waals surface area contributed by atoms with E-state index in [-0.39, 0.29) is 0 Å². The molecular formula is C14H16ClN3. The second-order valence-electron chi connectivity index (χ2n) is 5.04. The van der Waals surface area contributed by atoms with Gasteiger partial charge in [-0.3, -0.25) is 0 Å². The van der Waals surface area contributed by atoms with Crippen LogP contribution in [0, 0.1) is 5.92 Å². The molecule has 0 N–H and O–H groups in total. The van der Waals surface area contributed by atoms with Gasteiger partial charge in [0.25, 0.3) is 0 Å². The zero-order valence-electron chi connectivity index (χ0n) is 10.4. The van der Waals surface area contributed by atoms with Crippen molar-refractivity contribution in [3.63, 3.8) is 0 Å². The lowest BCUT2D eigenvalue weighted by molar-refractivity contribution is 0.321. The second-order valence-corrected chi connectivity index (χ2v) is 5.40. The molecule has 0 amide bonds. The maximum Gasteiger partial charge on any atom is 0.159 e. The minimum atomic E-state index is 0.478. The van der Waals surface area contributed by atoms with E-state index in [2.05, 4.69) is 28.2 Å². The molecule has 0 radical (unpaired) electrons. The molecule has 18 heavy (non-hydrogen) atoms. The van der Waals surface area contributed by atoms with Gasteiger partial charge in [0.05, 0.1) is 0 Å². The third-order valence-corrected chi connectivity index (χ3v) is 4.02. The molecule has 1 heterocycles. The number of fused-ring (bicyclic) bond motifs is 1. The number of nitrogens with zero attached hydrogens (tertiary/aromatic N) is 3. The maximum absolute atomic E-state index is 6.09. The van der Waals surface area contributed by atoms with Crippen LogP contribution in [0.2, 0.25) is 5.15 Å². The second kappa shape index (κ2) is 4.73. The molecule has 1 fully saturated rings. The predicted octanol–water partition coefficient (Wildman–Crippen LogP) is 3.52. The van der Waals surface area contributed by atoms with Crippen LogP contribution < -0.4 is 4.90 Å². The van der Waals surface area contributed by atoms with E-state index in [0.717, 1.165) is 29.1 Å². The lowest BCUT2D eigenvalue weighted by Crippen LogP contribution is -2.30. The van der Waals surface area contributed by atoms with Crippen molar-refractivity contribution in [2.45, 2.75) is 19.3 Å². The Morgan fingerprint density at radius 2 is 1.94 bits per heavy atom. The lowest BCUT2D eigenvalue weighted by atomic mass is 9.85. The van der Waals surface area contributed by atoms with Gasteiger partial charge in [-0.15, -0.1) is 10.2 Å². The predicted molar refractivity (Wildman–Crippen MR) is 75.2 cm³/mol. The first-order valence-corrected chi connectivity index (χ1v) is 6.75. The summed E-state index contributed by atoms with van der Waals surface area (Å²) in [5.41, 5.74) is 0. The van der Waals surface area contributed by atoms with Crippen LogP contribution in [0.5, 0.6) is 0 Å². The summed E-state index contributed by atoms with van der Waals surface area (Å²) in [6, 6.07) is 8.04. The van der Waals surface area contributed by atoms with Crippen LogP contribution in [-0.2, 0) is 0 Å². The highest BCUT2D eigenvalue weighted by Gasteiger charge is 2.21. The molecule has 3 rings (SSSR count). The number of halogens is 1. The molecule has 0 bridgehead atoms. The summed E-state index contributed by atoms with van der Waals surface area (Å²) >= 11 is 6.09. The summed E-state index contributed by atoms with van der Waals surface area (Å²) in [5, 5.41) is 10.9. The van der Waals surface area contributed by atoms with Crippen molar-refractivity contribution >= 4 is 28.2 Å². The first-order chi connectivity index (χ1) is 8.75. The Balaban J connectivity index is 1.97. The zero-order chi connectivity index (χ0) is 12.5. The molecule has 0 aliphatic heterocycles. The lowest BCUT2D eigenvalue weighted by Gasteiger charge is -2.30. The van der Waals surface area contributed by atoms with Gasteiger partial charge in [-0.2, -0.15) is 0 Å². The molecule has 0 spiro atoms. The van der Waals surface area contributed by atoms with Gasteiger partial charge in [-0.25, -0.2) is 0 Å². The van der Waals surface area contributed by atoms with Crippen LogP contribution in [0.25, 0.3) is 10.8 Å². The summed E-state index contributed by atoms with van der Waals surface area (Å²) in [5.74, 6) is 1.74. The van der Waals surface area contributed by atoms with E-state index in [1.165, 1.54) is 19.3 Å². The summed E-state index contributed by atoms with van der Waals surface area (Å²) in [6.45, 7) is 1.06. The summed E-state index contributed by atoms with van der Waals surface area (Å²) in [4.78, 5) is 2.20. The Morgan fingerprint density at radius 1 is 1.22 bits per heavy atom. The van der Waals surface area contributed by atoms with Gasteiger partial charge in [-0.05, 0) is 18.8 Å². The fraction of sp³-hybridized carbons (Fsp3) is 0.429. The largest absolute Gasteiger partial charge is 0.357 e. The van der Waals surface area contributed by atoms with Gasteiger partial charge >= 0.3 is 0 Å². The summed E-state index contributed by atoms with van der Waals surface area (Å²) in [7, 11) is 2.09. The van der Waals surface area contributed by atoms with E-state index in [1.807, 2.05) is 18.2 Å². The molecule has 0 atom stereocenters. The molecule has 0 saturated heterocycles. The molecule has 4 heteroatoms. The minimum absolute atomic E-state index is 0.478. The van der Waals surface area contributed by atoms with Crippen molar-refractivity contribution in [3.05, 3.63) is 29.4 Å². The molecule has 0 unspecified atom stereocenters. The Kier molecular flexibility index (Phi) is 3.08. The highest BCUT2D eigenvalue weighted by Crippen LogP contribution is 2.31. The van der Waals surface area contributed by atoms with Gasteiger partial charge < -0.3 is 4.90 Å². The van der Waals surface area contributed by atoms with Crippen LogP contribution in [0.1, 0.15) is 19.3 Å². The molecule has 3 nitrogen and oxygen atoms in total. The number of aromatic nitrogens is 2. The quantitative estimate of drug-likeness (QED) is 0.847. The number of hydrogen-bond donors (Lipinski definition) is 0. The normalized spacial score (nSPS) is 15.7. The highest BCUT2D eigenvalue weighted by molar-refractivity contribution is 6.34. The monoisotopic (exact) mass is 261 g/mol. The van der Waals surface area contributed by atoms with Crippen LogP contribution in [0.15, 0.2) is 24.3 Å². The number of anilines is 1. The molecule has 1 aromatic carbocycles. The first kappa shape index (κ1) is 11.7. The van der Waals surface area contributed by atoms with Gasteiger partial charge in [-0.1, -0.05) is 42.3 Å². The fourth-order valence-electron chi connectivity index (χ4n) is 2.49. The van der Waals surface area contributed by atoms with Gasteiger partial charge in [0.15, 0.2) is 11.0 Å². The van der Waals surface area contributed by atoms with E-state index in [9.17, 15) is 0 Å². The van der Waals surface area contributed by atoms with Crippen molar-refractivity contribution in [1.29, 1.82) is 0 Å². The number of benzene rings is 1. The van der Waals surface area contributed by atoms with Crippen LogP contribution in [-0.4, -0.2) is 23.8 Å². The van der Waals surface area contributed by atoms with Gasteiger partial charge in [0.1, 0.15) is 0 Å². The maximum atomic E-state index is 6.09. The van der Waals surface area contributed by atoms with Gasteiger partial charge in [0.2, 0.25) is 0 Å². The molecule has 2 aromatic rings. The first-order valence-electron chi connectivity index (χ1n) is 6.38. The van der Waals surface area contributed by atoms with Crippen molar-refractivity contribution in [3.8, 4) is 0 Å². The van der Waals surface area contributed by atoms with E-state index in [4.69, 9.17) is 11.6 Å². The minimum Gasteiger partial charge on any atom is -0.357 e. The molecule has 1 saturated carbocycles. The molecule has 1 aliphatic rings. The van der Waals surface area contributed by atoms with E-state index in [0.29, 0.717) is 5.15 Å². The average molecular weight is 262 g/mol. The van der Waals surface area contributed by atoms with Crippen molar-refractivity contribution in [2.75, 3.05) is 18.5 Å². The van der Waals surface area contributed by atoms with Crippen molar-refractivity contribution in [2.24, 2.45) is 5.92 Å². The summed E-state index contributed by atoms with van der Waals surface area (Å²) < 4.78 is 0. The standard InChI is InChI=1S/C14H16ClN3/c1-18(9-10-5-4-6-10)14-12-8-3-2-7-11(12)13(15)16-17-14/h2-3,7-8,10H,4-6,9H2,1H3. The van der Waals surface area contributed by atoms with Gasteiger partial charge in [0, 0.05) is 24.4 Å². The van der Waals surface area contributed by atoms with Crippen molar-refractivity contribution in [1.82, 2.24) is 10.2 Å². The topological polar surface area (TPSA) is 29.0 Å². The Morgan fingerprint density at radius 3 is 2.61 bits per heavy atom. The Bertz CT molecular complexity index is 566. The number of rotatable bonds is 3. The Labute approximate surface area is 112 Å². The SMILES string of the molecule is CN(CC1CCC1)c1nnc(Cl)c2ccccc12. The average Bonchev–Trinajstić information content (AvgIpc) is 2.34. The van der Waals surface area contributed by atoms with E-state index < -0.39 is 0 Å². The van der Waals surface area contributed by atoms with Crippen LogP contribution in [0.4, 0.5) is 5.82 Å². The van der Waals surface area contributed by atoms with E-state index in [1.54, 1.807) is 0 Å². The molecule has 1 aliphatic carbocycles. The smallest absolute Gasteiger partial charge is 0.159 e. The van der Waals surface area contributed by atoms with Crippen molar-refractivity contribution < 1.29 is 0 Å². The zero-order valence-corrected chi connectivity index (χ0v) is 11.2. The molecular weight excluding hydrogens is 246 g/mol. The van der Waals surface area contributed by atoms with Crippen LogP contribution >= 0.6 is 11.6 Å². The van der Waals surface area contributed by atoms with E-state index >= 15 is 0 Å². The number of hydrogen-bond acceptors (Lipinski definition) is 3. The summed E-state index contributed by atoms with van der Waals surface area (Å²) in [6.07, 6.45) is 4.04. The third kappa shape index (κ3) is 2.03. The fourth-order valence-corrected chi connectivity index (χ4v) is 2.69. The molecule has 94 valence electrons.